The molecule has 6 nitrogen and oxygen atoms in total. The molecule has 4 rings (SSSR count). The highest BCUT2D eigenvalue weighted by Gasteiger charge is 2.33. The maximum atomic E-state index is 13.5. The molecule has 3 aromatic rings. The number of carbonyl (C=O) groups excluding carboxylic acids is 1. The van der Waals surface area contributed by atoms with E-state index >= 15 is 0 Å². The van der Waals surface area contributed by atoms with E-state index in [4.69, 9.17) is 9.47 Å². The highest BCUT2D eigenvalue weighted by atomic mass is 19.1. The van der Waals surface area contributed by atoms with Crippen molar-refractivity contribution >= 4 is 11.7 Å². The standard InChI is InChI=1S/C28H32FN3O3/c1-18-5-11-23(12-6-18)31-28(33)30-19(2)27-24-16-26(35-4)25(34-3)15-21(24)13-14-32(27)17-20-7-9-22(29)10-8-20/h5-12,15-16,19,27H,13-14,17H2,1-4H3,(H2,30,31,33). The number of benzene rings is 3. The predicted octanol–water partition coefficient (Wildman–Crippen LogP) is 5.46. The van der Waals surface area contributed by atoms with Crippen LogP contribution in [-0.2, 0) is 13.0 Å². The number of rotatable bonds is 7. The summed E-state index contributed by atoms with van der Waals surface area (Å²) >= 11 is 0. The number of urea groups is 1. The van der Waals surface area contributed by atoms with E-state index in [2.05, 4.69) is 15.5 Å². The predicted molar refractivity (Wildman–Crippen MR) is 136 cm³/mol. The van der Waals surface area contributed by atoms with Crippen LogP contribution in [0.3, 0.4) is 0 Å². The van der Waals surface area contributed by atoms with Crippen molar-refractivity contribution in [2.75, 3.05) is 26.1 Å². The van der Waals surface area contributed by atoms with Crippen LogP contribution in [-0.4, -0.2) is 37.7 Å². The first-order valence-corrected chi connectivity index (χ1v) is 11.8. The lowest BCUT2D eigenvalue weighted by atomic mass is 9.87. The molecule has 1 aliphatic heterocycles. The minimum absolute atomic E-state index is 0.118. The zero-order chi connectivity index (χ0) is 24.9. The number of nitrogens with one attached hydrogen (secondary N) is 2. The average Bonchev–Trinajstić information content (AvgIpc) is 2.85. The molecule has 0 radical (unpaired) electrons. The van der Waals surface area contributed by atoms with Gasteiger partial charge in [-0.15, -0.1) is 0 Å². The van der Waals surface area contributed by atoms with Gasteiger partial charge in [-0.1, -0.05) is 29.8 Å². The molecule has 1 heterocycles. The third-order valence-electron chi connectivity index (χ3n) is 6.47. The Labute approximate surface area is 206 Å². The third-order valence-corrected chi connectivity index (χ3v) is 6.47. The summed E-state index contributed by atoms with van der Waals surface area (Å²) < 4.78 is 24.6. The first kappa shape index (κ1) is 24.5. The van der Waals surface area contributed by atoms with Crippen LogP contribution in [0.15, 0.2) is 60.7 Å². The maximum Gasteiger partial charge on any atom is 0.319 e. The topological polar surface area (TPSA) is 62.8 Å². The van der Waals surface area contributed by atoms with Crippen molar-refractivity contribution in [3.05, 3.63) is 88.7 Å². The van der Waals surface area contributed by atoms with Gasteiger partial charge in [-0.25, -0.2) is 9.18 Å². The fourth-order valence-electron chi connectivity index (χ4n) is 4.71. The lowest BCUT2D eigenvalue weighted by molar-refractivity contribution is 0.144. The molecule has 0 spiro atoms. The van der Waals surface area contributed by atoms with Gasteiger partial charge in [0.25, 0.3) is 0 Å². The molecule has 2 amide bonds. The highest BCUT2D eigenvalue weighted by molar-refractivity contribution is 5.89. The Morgan fingerprint density at radius 2 is 1.71 bits per heavy atom. The SMILES string of the molecule is COc1cc2c(cc1OC)C(C(C)NC(=O)Nc1ccc(C)cc1)N(Cc1ccc(F)cc1)CC2. The van der Waals surface area contributed by atoms with Crippen LogP contribution < -0.4 is 20.1 Å². The molecular weight excluding hydrogens is 445 g/mol. The first-order valence-electron chi connectivity index (χ1n) is 11.8. The monoisotopic (exact) mass is 477 g/mol. The van der Waals surface area contributed by atoms with E-state index in [0.29, 0.717) is 18.0 Å². The van der Waals surface area contributed by atoms with E-state index in [1.54, 1.807) is 26.4 Å². The largest absolute Gasteiger partial charge is 0.493 e. The van der Waals surface area contributed by atoms with Crippen molar-refractivity contribution in [1.82, 2.24) is 10.2 Å². The summed E-state index contributed by atoms with van der Waals surface area (Å²) in [5, 5.41) is 6.04. The molecule has 35 heavy (non-hydrogen) atoms. The average molecular weight is 478 g/mol. The molecule has 0 fully saturated rings. The molecule has 1 aliphatic rings. The number of aryl methyl sites for hydroxylation is 1. The molecule has 0 aliphatic carbocycles. The minimum atomic E-state index is -0.268. The summed E-state index contributed by atoms with van der Waals surface area (Å²) in [5.74, 6) is 1.08. The summed E-state index contributed by atoms with van der Waals surface area (Å²) in [5.41, 5.74) is 5.12. The van der Waals surface area contributed by atoms with Crippen LogP contribution in [0.5, 0.6) is 11.5 Å². The summed E-state index contributed by atoms with van der Waals surface area (Å²) in [6, 6.07) is 17.7. The number of carbonyl (C=O) groups is 1. The Morgan fingerprint density at radius 3 is 2.37 bits per heavy atom. The molecule has 2 N–H and O–H groups in total. The van der Waals surface area contributed by atoms with Gasteiger partial charge in [0.05, 0.1) is 20.3 Å². The minimum Gasteiger partial charge on any atom is -0.493 e. The fourth-order valence-corrected chi connectivity index (χ4v) is 4.71. The van der Waals surface area contributed by atoms with Gasteiger partial charge in [0, 0.05) is 24.8 Å². The summed E-state index contributed by atoms with van der Waals surface area (Å²) in [7, 11) is 3.25. The Hall–Kier alpha value is -3.58. The number of fused-ring (bicyclic) bond motifs is 1. The molecule has 0 aromatic heterocycles. The second-order valence-corrected chi connectivity index (χ2v) is 8.95. The Balaban J connectivity index is 1.61. The van der Waals surface area contributed by atoms with Gasteiger partial charge >= 0.3 is 6.03 Å². The molecule has 184 valence electrons. The van der Waals surface area contributed by atoms with Crippen molar-refractivity contribution in [3.63, 3.8) is 0 Å². The molecule has 0 bridgehead atoms. The van der Waals surface area contributed by atoms with Crippen LogP contribution in [0, 0.1) is 12.7 Å². The quantitative estimate of drug-likeness (QED) is 0.474. The zero-order valence-electron chi connectivity index (χ0n) is 20.6. The van der Waals surface area contributed by atoms with Crippen molar-refractivity contribution in [1.29, 1.82) is 0 Å². The van der Waals surface area contributed by atoms with Crippen LogP contribution in [0.2, 0.25) is 0 Å². The number of nitrogens with zero attached hydrogens (tertiary/aromatic N) is 1. The van der Waals surface area contributed by atoms with Gasteiger partial charge in [0.1, 0.15) is 5.82 Å². The van der Waals surface area contributed by atoms with E-state index in [0.717, 1.165) is 40.9 Å². The van der Waals surface area contributed by atoms with Crippen molar-refractivity contribution < 1.29 is 18.7 Å². The number of hydrogen-bond acceptors (Lipinski definition) is 4. The van der Waals surface area contributed by atoms with E-state index in [1.807, 2.05) is 50.2 Å². The van der Waals surface area contributed by atoms with E-state index in [1.165, 1.54) is 12.1 Å². The third kappa shape index (κ3) is 5.74. The molecular formula is C28H32FN3O3. The van der Waals surface area contributed by atoms with Crippen LogP contribution >= 0.6 is 0 Å². The van der Waals surface area contributed by atoms with Gasteiger partial charge in [-0.2, -0.15) is 0 Å². The highest BCUT2D eigenvalue weighted by Crippen LogP contribution is 2.40. The second kappa shape index (κ2) is 10.8. The van der Waals surface area contributed by atoms with Gasteiger partial charge < -0.3 is 20.1 Å². The van der Waals surface area contributed by atoms with Gasteiger partial charge in [-0.05, 0) is 73.4 Å². The zero-order valence-corrected chi connectivity index (χ0v) is 20.6. The molecule has 3 aromatic carbocycles. The first-order chi connectivity index (χ1) is 16.9. The molecule has 0 saturated carbocycles. The smallest absolute Gasteiger partial charge is 0.319 e. The molecule has 7 heteroatoms. The van der Waals surface area contributed by atoms with Crippen LogP contribution in [0.25, 0.3) is 0 Å². The van der Waals surface area contributed by atoms with Gasteiger partial charge in [0.2, 0.25) is 0 Å². The van der Waals surface area contributed by atoms with Crippen LogP contribution in [0.4, 0.5) is 14.9 Å². The molecule has 0 saturated heterocycles. The van der Waals surface area contributed by atoms with Gasteiger partial charge in [-0.3, -0.25) is 4.90 Å². The lowest BCUT2D eigenvalue weighted by Crippen LogP contribution is -2.48. The van der Waals surface area contributed by atoms with Crippen molar-refractivity contribution in [2.24, 2.45) is 0 Å². The normalized spacial score (nSPS) is 16.2. The number of amides is 2. The summed E-state index contributed by atoms with van der Waals surface area (Å²) in [6.07, 6.45) is 0.829. The number of hydrogen-bond donors (Lipinski definition) is 2. The Kier molecular flexibility index (Phi) is 7.56. The molecule has 2 atom stereocenters. The Bertz CT molecular complexity index is 1170. The molecule has 2 unspecified atom stereocenters. The Morgan fingerprint density at radius 1 is 1.06 bits per heavy atom. The van der Waals surface area contributed by atoms with Gasteiger partial charge in [0.15, 0.2) is 11.5 Å². The second-order valence-electron chi connectivity index (χ2n) is 8.95. The van der Waals surface area contributed by atoms with E-state index in [-0.39, 0.29) is 23.9 Å². The summed E-state index contributed by atoms with van der Waals surface area (Å²) in [4.78, 5) is 15.2. The summed E-state index contributed by atoms with van der Waals surface area (Å²) in [6.45, 7) is 5.43. The number of halogens is 1. The maximum absolute atomic E-state index is 13.5. The van der Waals surface area contributed by atoms with Crippen molar-refractivity contribution in [2.45, 2.75) is 38.9 Å². The number of methoxy groups -OCH3 is 2. The lowest BCUT2D eigenvalue weighted by Gasteiger charge is -2.41. The van der Waals surface area contributed by atoms with Crippen LogP contribution in [0.1, 0.15) is 35.2 Å². The fraction of sp³-hybridized carbons (Fsp3) is 0.321. The van der Waals surface area contributed by atoms with E-state index < -0.39 is 0 Å². The van der Waals surface area contributed by atoms with Crippen molar-refractivity contribution in [3.8, 4) is 11.5 Å². The number of anilines is 1. The number of ether oxygens (including phenoxy) is 2. The van der Waals surface area contributed by atoms with E-state index in [9.17, 15) is 9.18 Å².